The van der Waals surface area contributed by atoms with Crippen molar-refractivity contribution in [3.05, 3.63) is 71.4 Å². The third kappa shape index (κ3) is 28.4. The van der Waals surface area contributed by atoms with E-state index in [-0.39, 0.29) is 24.8 Å². The molecule has 388 valence electrons. The van der Waals surface area contributed by atoms with Gasteiger partial charge in [0.1, 0.15) is 30.7 Å². The van der Waals surface area contributed by atoms with Crippen LogP contribution in [0, 0.1) is 5.92 Å². The fourth-order valence-electron chi connectivity index (χ4n) is 6.83. The second kappa shape index (κ2) is 34.9. The van der Waals surface area contributed by atoms with Crippen molar-refractivity contribution in [3.63, 3.8) is 0 Å². The lowest BCUT2D eigenvalue weighted by atomic mass is 9.99. The minimum absolute atomic E-state index is 0.0308. The predicted molar refractivity (Wildman–Crippen MR) is 258 cm³/mol. The fraction of sp³-hybridized carbons (Fsp3) is 0.702. The summed E-state index contributed by atoms with van der Waals surface area (Å²) in [5.74, 6) is -0.632. The van der Waals surface area contributed by atoms with Gasteiger partial charge < -0.3 is 45.1 Å². The van der Waals surface area contributed by atoms with E-state index in [4.69, 9.17) is 29.0 Å². The zero-order valence-electron chi connectivity index (χ0n) is 40.2. The average Bonchev–Trinajstić information content (AvgIpc) is 3.56. The maximum atomic E-state index is 12.8. The number of carbonyl (C=O) groups is 2. The number of anilines is 1. The Balaban J connectivity index is 1.84. The largest absolute Gasteiger partial charge is 0.481 e. The number of hydrogen-bond acceptors (Lipinski definition) is 16. The molecule has 0 radical (unpaired) electrons. The number of ether oxygens (including phenoxy) is 3. The van der Waals surface area contributed by atoms with E-state index in [1.54, 1.807) is 6.92 Å². The summed E-state index contributed by atoms with van der Waals surface area (Å²) in [6.07, 6.45) is 26.4. The van der Waals surface area contributed by atoms with Crippen LogP contribution in [-0.4, -0.2) is 96.9 Å². The number of aromatic nitrogens is 2. The van der Waals surface area contributed by atoms with Crippen LogP contribution in [0.15, 0.2) is 65.7 Å². The Kier molecular flexibility index (Phi) is 31.2. The highest BCUT2D eigenvalue weighted by Gasteiger charge is 2.46. The summed E-state index contributed by atoms with van der Waals surface area (Å²) in [6.45, 7) is 3.91. The molecular weight excluding hydrogens is 924 g/mol. The lowest BCUT2D eigenvalue weighted by Gasteiger charge is -2.21. The molecule has 21 heteroatoms. The van der Waals surface area contributed by atoms with Crippen LogP contribution in [0.5, 0.6) is 0 Å². The molecule has 1 aliphatic rings. The highest BCUT2D eigenvalue weighted by atomic mass is 31.3. The van der Waals surface area contributed by atoms with E-state index in [0.717, 1.165) is 80.9 Å². The molecule has 1 fully saturated rings. The van der Waals surface area contributed by atoms with E-state index < -0.39 is 83.7 Å². The van der Waals surface area contributed by atoms with Crippen molar-refractivity contribution in [2.24, 2.45) is 5.92 Å². The van der Waals surface area contributed by atoms with Crippen molar-refractivity contribution >= 4 is 33.4 Å². The molecule has 2 heterocycles. The Bertz CT molecular complexity index is 1860. The minimum Gasteiger partial charge on any atom is -0.462 e. The molecule has 1 saturated heterocycles. The lowest BCUT2D eigenvalue weighted by Crippen LogP contribution is -2.36. The lowest BCUT2D eigenvalue weighted by molar-refractivity contribution is -0.161. The number of rotatable bonds is 38. The van der Waals surface area contributed by atoms with Gasteiger partial charge in [-0.1, -0.05) is 120 Å². The third-order valence-corrected chi connectivity index (χ3v) is 13.6. The van der Waals surface area contributed by atoms with Crippen molar-refractivity contribution < 1.29 is 71.4 Å². The topological polar surface area (TPSA) is 286 Å². The summed E-state index contributed by atoms with van der Waals surface area (Å²) in [5, 5.41) is 30.2. The van der Waals surface area contributed by atoms with Crippen LogP contribution in [-0.2, 0) is 46.3 Å². The fourth-order valence-corrected chi connectivity index (χ4v) is 8.94. The van der Waals surface area contributed by atoms with Crippen molar-refractivity contribution in [2.45, 2.75) is 186 Å². The van der Waals surface area contributed by atoms with Crippen LogP contribution in [0.3, 0.4) is 0 Å². The standard InChI is InChI=1S/C47H79N3O16P2/c1-4-37(2)28-24-20-16-14-15-19-23-27-31-43(53)64-39(34-61-42(52)30-26-22-18-13-11-9-7-5-6-8-10-12-17-21-25-29-38(3)51)35-62-67(57,58)66-68(59,60)63-36-40-44(54)45(55)46(65-40)50-33-32-41(48)49-47(50)56/h6-9,12-13,17-18,32-33,37-40,44-46,51,54-55H,4-5,10-11,14-16,19-31,34-36H2,1-3H3,(H,57,58)(H,59,60)(H2,48,49,56)/b8-6-,9-7-,17-12-,18-13-/t37?,38-,39-,40-,44-,45-,46-/m1/s1. The number of carbonyl (C=O) groups excluding carboxylic acids is 2. The van der Waals surface area contributed by atoms with Crippen LogP contribution in [0.2, 0.25) is 0 Å². The number of phosphoric ester groups is 2. The molecule has 2 rings (SSSR count). The molecular formula is C47H79N3O16P2. The molecule has 0 aliphatic carbocycles. The van der Waals surface area contributed by atoms with Gasteiger partial charge in [0.2, 0.25) is 0 Å². The number of aliphatic hydroxyl groups excluding tert-OH is 3. The quantitative estimate of drug-likeness (QED) is 0.0157. The molecule has 0 saturated carbocycles. The molecule has 1 aliphatic heterocycles. The first-order valence-corrected chi connectivity index (χ1v) is 27.1. The third-order valence-electron chi connectivity index (χ3n) is 11.0. The Labute approximate surface area is 402 Å². The van der Waals surface area contributed by atoms with Gasteiger partial charge >= 0.3 is 33.3 Å². The zero-order valence-corrected chi connectivity index (χ0v) is 42.0. The normalized spacial score (nSPS) is 20.8. The summed E-state index contributed by atoms with van der Waals surface area (Å²) in [7, 11) is -10.9. The number of allylic oxidation sites excluding steroid dienone is 8. The Morgan fingerprint density at radius 1 is 0.779 bits per heavy atom. The number of unbranched alkanes of at least 4 members (excludes halogenated alkanes) is 9. The maximum absolute atomic E-state index is 12.8. The summed E-state index contributed by atoms with van der Waals surface area (Å²) >= 11 is 0. The second-order valence-corrected chi connectivity index (χ2v) is 20.2. The Morgan fingerprint density at radius 3 is 1.94 bits per heavy atom. The van der Waals surface area contributed by atoms with Gasteiger partial charge in [-0.05, 0) is 76.7 Å². The van der Waals surface area contributed by atoms with Crippen molar-refractivity contribution in [1.82, 2.24) is 9.55 Å². The molecule has 68 heavy (non-hydrogen) atoms. The molecule has 19 nitrogen and oxygen atoms in total. The minimum atomic E-state index is -5.44. The monoisotopic (exact) mass is 1000 g/mol. The van der Waals surface area contributed by atoms with Crippen LogP contribution >= 0.6 is 15.6 Å². The number of nitrogen functional groups attached to an aromatic ring is 1. The number of aliphatic hydroxyl groups is 3. The van der Waals surface area contributed by atoms with E-state index >= 15 is 0 Å². The molecule has 7 N–H and O–H groups in total. The molecule has 9 atom stereocenters. The van der Waals surface area contributed by atoms with Crippen molar-refractivity contribution in [1.29, 1.82) is 0 Å². The summed E-state index contributed by atoms with van der Waals surface area (Å²) < 4.78 is 56.6. The Morgan fingerprint density at radius 2 is 1.34 bits per heavy atom. The highest BCUT2D eigenvalue weighted by Crippen LogP contribution is 2.60. The van der Waals surface area contributed by atoms with Gasteiger partial charge in [-0.25, -0.2) is 13.9 Å². The van der Waals surface area contributed by atoms with E-state index in [9.17, 15) is 48.6 Å². The molecule has 1 aromatic heterocycles. The molecule has 1 aromatic rings. The van der Waals surface area contributed by atoms with Crippen LogP contribution in [0.25, 0.3) is 0 Å². The van der Waals surface area contributed by atoms with E-state index in [0.29, 0.717) is 19.3 Å². The van der Waals surface area contributed by atoms with Crippen molar-refractivity contribution in [3.8, 4) is 0 Å². The molecule has 0 aromatic carbocycles. The second-order valence-electron chi connectivity index (χ2n) is 17.1. The van der Waals surface area contributed by atoms with E-state index in [2.05, 4.69) is 59.6 Å². The van der Waals surface area contributed by atoms with Gasteiger partial charge in [-0.15, -0.1) is 0 Å². The van der Waals surface area contributed by atoms with E-state index in [1.165, 1.54) is 38.2 Å². The Hall–Kier alpha value is -3.32. The molecule has 0 bridgehead atoms. The first-order chi connectivity index (χ1) is 32.4. The smallest absolute Gasteiger partial charge is 0.462 e. The number of nitrogens with zero attached hydrogens (tertiary/aromatic N) is 2. The first-order valence-electron chi connectivity index (χ1n) is 24.1. The number of hydrogen-bond donors (Lipinski definition) is 6. The number of nitrogens with two attached hydrogens (primary N) is 1. The SMILES string of the molecule is CCC(C)CCCCCCCCCCC(=O)O[C@H](COC(=O)CCC/C=C\C/C=C\C/C=C\C/C=C\CCC[C@@H](C)O)COP(=O)(O)OP(=O)(O)OC[C@H]1O[C@@H](n2ccc(N)nc2=O)[C@H](O)[C@@H]1O. The van der Waals surface area contributed by atoms with Crippen LogP contribution < -0.4 is 11.4 Å². The van der Waals surface area contributed by atoms with Gasteiger partial charge in [0, 0.05) is 19.0 Å². The molecule has 0 amide bonds. The summed E-state index contributed by atoms with van der Waals surface area (Å²) in [6, 6.07) is 1.24. The average molecular weight is 1000 g/mol. The number of esters is 2. The first kappa shape index (κ1) is 60.8. The summed E-state index contributed by atoms with van der Waals surface area (Å²) in [5.41, 5.74) is 4.57. The molecule has 3 unspecified atom stereocenters. The zero-order chi connectivity index (χ0) is 50.2. The number of phosphoric acid groups is 2. The van der Waals surface area contributed by atoms with Gasteiger partial charge in [-0.2, -0.15) is 9.29 Å². The van der Waals surface area contributed by atoms with Gasteiger partial charge in [0.15, 0.2) is 12.3 Å². The summed E-state index contributed by atoms with van der Waals surface area (Å²) in [4.78, 5) is 61.7. The maximum Gasteiger partial charge on any atom is 0.481 e. The van der Waals surface area contributed by atoms with Crippen LogP contribution in [0.1, 0.15) is 155 Å². The van der Waals surface area contributed by atoms with Gasteiger partial charge in [0.25, 0.3) is 0 Å². The molecule has 0 spiro atoms. The van der Waals surface area contributed by atoms with Crippen molar-refractivity contribution in [2.75, 3.05) is 25.6 Å². The van der Waals surface area contributed by atoms with Gasteiger partial charge in [0.05, 0.1) is 19.3 Å². The highest BCUT2D eigenvalue weighted by molar-refractivity contribution is 7.61. The van der Waals surface area contributed by atoms with Gasteiger partial charge in [-0.3, -0.25) is 23.2 Å². The van der Waals surface area contributed by atoms with Crippen LogP contribution in [0.4, 0.5) is 5.82 Å². The van der Waals surface area contributed by atoms with E-state index in [1.807, 2.05) is 12.2 Å². The predicted octanol–water partition coefficient (Wildman–Crippen LogP) is 8.21.